The van der Waals surface area contributed by atoms with E-state index in [1.807, 2.05) is 0 Å². The van der Waals surface area contributed by atoms with Crippen molar-refractivity contribution in [2.24, 2.45) is 5.92 Å². The molecule has 2 aliphatic heterocycles. The summed E-state index contributed by atoms with van der Waals surface area (Å²) in [5, 5.41) is 3.68. The van der Waals surface area contributed by atoms with E-state index in [0.29, 0.717) is 18.1 Å². The summed E-state index contributed by atoms with van der Waals surface area (Å²) in [6.45, 7) is 7.26. The van der Waals surface area contributed by atoms with Crippen molar-refractivity contribution >= 4 is 0 Å². The van der Waals surface area contributed by atoms with Crippen LogP contribution in [0.25, 0.3) is 0 Å². The summed E-state index contributed by atoms with van der Waals surface area (Å²) in [6.07, 6.45) is 3.64. The van der Waals surface area contributed by atoms with Crippen LogP contribution in [0.4, 0.5) is 0 Å². The van der Waals surface area contributed by atoms with Crippen LogP contribution >= 0.6 is 0 Å². The van der Waals surface area contributed by atoms with E-state index in [9.17, 15) is 0 Å². The maximum absolute atomic E-state index is 6.00. The van der Waals surface area contributed by atoms with Crippen molar-refractivity contribution in [2.75, 3.05) is 19.8 Å². The Morgan fingerprint density at radius 3 is 3.00 bits per heavy atom. The highest BCUT2D eigenvalue weighted by atomic mass is 16.5. The molecule has 0 bridgehead atoms. The number of hydrogen-bond acceptors (Lipinski definition) is 3. The molecule has 3 atom stereocenters. The van der Waals surface area contributed by atoms with Crippen LogP contribution < -0.4 is 10.1 Å². The Morgan fingerprint density at radius 1 is 1.35 bits per heavy atom. The number of nitrogens with one attached hydrogen (secondary N) is 1. The average Bonchev–Trinajstić information content (AvgIpc) is 3.08. The van der Waals surface area contributed by atoms with Crippen LogP contribution in [0.2, 0.25) is 0 Å². The normalized spacial score (nSPS) is 26.3. The molecule has 3 rings (SSSR count). The fraction of sp³-hybridized carbons (Fsp3) is 0.647. The van der Waals surface area contributed by atoms with Crippen LogP contribution in [0.1, 0.15) is 43.9 Å². The van der Waals surface area contributed by atoms with E-state index in [0.717, 1.165) is 38.3 Å². The van der Waals surface area contributed by atoms with Crippen molar-refractivity contribution in [3.8, 4) is 5.75 Å². The van der Waals surface area contributed by atoms with E-state index >= 15 is 0 Å². The molecule has 1 aromatic rings. The third kappa shape index (κ3) is 2.70. The minimum absolute atomic E-state index is 0.293. The molecule has 0 amide bonds. The van der Waals surface area contributed by atoms with Gasteiger partial charge in [-0.3, -0.25) is 0 Å². The van der Waals surface area contributed by atoms with Gasteiger partial charge in [0.1, 0.15) is 5.75 Å². The lowest BCUT2D eigenvalue weighted by Gasteiger charge is -2.28. The van der Waals surface area contributed by atoms with E-state index in [-0.39, 0.29) is 0 Å². The average molecular weight is 275 g/mol. The Morgan fingerprint density at radius 2 is 2.25 bits per heavy atom. The number of ether oxygens (including phenoxy) is 2. The molecule has 3 nitrogen and oxygen atoms in total. The summed E-state index contributed by atoms with van der Waals surface area (Å²) in [5.74, 6) is 1.68. The second kappa shape index (κ2) is 6.15. The maximum atomic E-state index is 6.00. The first-order valence-corrected chi connectivity index (χ1v) is 7.90. The number of benzene rings is 1. The standard InChI is InChI=1S/C17H25NO2/c1-3-8-18-16(17-12(2)6-9-20-17)14-4-5-15-13(11-14)7-10-19-15/h4-5,11-12,16-18H,3,6-10H2,1-2H3. The Balaban J connectivity index is 1.84. The molecule has 20 heavy (non-hydrogen) atoms. The minimum atomic E-state index is 0.293. The van der Waals surface area contributed by atoms with E-state index in [1.165, 1.54) is 17.5 Å². The first-order valence-electron chi connectivity index (χ1n) is 7.90. The topological polar surface area (TPSA) is 30.5 Å². The van der Waals surface area contributed by atoms with Gasteiger partial charge in [-0.2, -0.15) is 0 Å². The SMILES string of the molecule is CCCNC(c1ccc2c(c1)CCO2)C1OCCC1C. The highest BCUT2D eigenvalue weighted by molar-refractivity contribution is 5.41. The van der Waals surface area contributed by atoms with Crippen LogP contribution in [0.15, 0.2) is 18.2 Å². The summed E-state index contributed by atoms with van der Waals surface area (Å²) < 4.78 is 11.6. The predicted molar refractivity (Wildman–Crippen MR) is 80.2 cm³/mol. The molecule has 1 aromatic carbocycles. The zero-order chi connectivity index (χ0) is 13.9. The minimum Gasteiger partial charge on any atom is -0.493 e. The van der Waals surface area contributed by atoms with Crippen LogP contribution in [0, 0.1) is 5.92 Å². The van der Waals surface area contributed by atoms with Crippen molar-refractivity contribution in [1.82, 2.24) is 5.32 Å². The van der Waals surface area contributed by atoms with Gasteiger partial charge in [0.25, 0.3) is 0 Å². The number of fused-ring (bicyclic) bond motifs is 1. The second-order valence-corrected chi connectivity index (χ2v) is 6.00. The van der Waals surface area contributed by atoms with E-state index in [2.05, 4.69) is 37.4 Å². The first kappa shape index (κ1) is 13.9. The maximum Gasteiger partial charge on any atom is 0.122 e. The zero-order valence-electron chi connectivity index (χ0n) is 12.5. The molecule has 0 radical (unpaired) electrons. The van der Waals surface area contributed by atoms with E-state index in [1.54, 1.807) is 0 Å². The summed E-state index contributed by atoms with van der Waals surface area (Å²) in [7, 11) is 0. The lowest BCUT2D eigenvalue weighted by molar-refractivity contribution is 0.0607. The van der Waals surface area contributed by atoms with E-state index < -0.39 is 0 Å². The summed E-state index contributed by atoms with van der Waals surface area (Å²) in [5.41, 5.74) is 2.69. The molecular weight excluding hydrogens is 250 g/mol. The predicted octanol–water partition coefficient (Wildman–Crippen LogP) is 3.09. The molecule has 0 aliphatic carbocycles. The molecule has 0 saturated carbocycles. The van der Waals surface area contributed by atoms with Gasteiger partial charge >= 0.3 is 0 Å². The Kier molecular flexibility index (Phi) is 4.27. The van der Waals surface area contributed by atoms with Crippen LogP contribution in [-0.4, -0.2) is 25.9 Å². The Bertz CT molecular complexity index is 460. The molecule has 1 N–H and O–H groups in total. The largest absolute Gasteiger partial charge is 0.493 e. The zero-order valence-corrected chi connectivity index (χ0v) is 12.5. The molecule has 1 fully saturated rings. The van der Waals surface area contributed by atoms with Crippen LogP contribution in [0.3, 0.4) is 0 Å². The monoisotopic (exact) mass is 275 g/mol. The van der Waals surface area contributed by atoms with Gasteiger partial charge in [0.2, 0.25) is 0 Å². The van der Waals surface area contributed by atoms with Gasteiger partial charge in [-0.1, -0.05) is 26.0 Å². The van der Waals surface area contributed by atoms with Crippen molar-refractivity contribution in [1.29, 1.82) is 0 Å². The molecule has 1 saturated heterocycles. The van der Waals surface area contributed by atoms with Gasteiger partial charge in [0, 0.05) is 13.0 Å². The fourth-order valence-electron chi connectivity index (χ4n) is 3.27. The van der Waals surface area contributed by atoms with Crippen molar-refractivity contribution in [2.45, 2.75) is 45.3 Å². The molecule has 3 heteroatoms. The molecule has 2 heterocycles. The summed E-state index contributed by atoms with van der Waals surface area (Å²) in [4.78, 5) is 0. The molecule has 2 aliphatic rings. The van der Waals surface area contributed by atoms with Gasteiger partial charge in [-0.15, -0.1) is 0 Å². The van der Waals surface area contributed by atoms with Gasteiger partial charge in [0.05, 0.1) is 18.8 Å². The van der Waals surface area contributed by atoms with Gasteiger partial charge < -0.3 is 14.8 Å². The van der Waals surface area contributed by atoms with Gasteiger partial charge in [-0.05, 0) is 42.5 Å². The quantitative estimate of drug-likeness (QED) is 0.895. The highest BCUT2D eigenvalue weighted by Gasteiger charge is 2.33. The van der Waals surface area contributed by atoms with E-state index in [4.69, 9.17) is 9.47 Å². The Labute approximate surface area is 121 Å². The fourth-order valence-corrected chi connectivity index (χ4v) is 3.27. The van der Waals surface area contributed by atoms with Crippen molar-refractivity contribution in [3.63, 3.8) is 0 Å². The molecule has 3 unspecified atom stereocenters. The lowest BCUT2D eigenvalue weighted by Crippen LogP contribution is -2.35. The molecule has 110 valence electrons. The number of hydrogen-bond donors (Lipinski definition) is 1. The highest BCUT2D eigenvalue weighted by Crippen LogP contribution is 2.34. The Hall–Kier alpha value is -1.06. The third-order valence-corrected chi connectivity index (χ3v) is 4.46. The van der Waals surface area contributed by atoms with Gasteiger partial charge in [-0.25, -0.2) is 0 Å². The molecular formula is C17H25NO2. The molecule has 0 spiro atoms. The lowest BCUT2D eigenvalue weighted by atomic mass is 9.91. The van der Waals surface area contributed by atoms with Gasteiger partial charge in [0.15, 0.2) is 0 Å². The summed E-state index contributed by atoms with van der Waals surface area (Å²) in [6, 6.07) is 6.94. The molecule has 0 aromatic heterocycles. The van der Waals surface area contributed by atoms with Crippen LogP contribution in [0.5, 0.6) is 5.75 Å². The third-order valence-electron chi connectivity index (χ3n) is 4.46. The van der Waals surface area contributed by atoms with Crippen molar-refractivity contribution in [3.05, 3.63) is 29.3 Å². The first-order chi connectivity index (χ1) is 9.79. The van der Waals surface area contributed by atoms with Crippen LogP contribution in [-0.2, 0) is 11.2 Å². The van der Waals surface area contributed by atoms with Crippen molar-refractivity contribution < 1.29 is 9.47 Å². The smallest absolute Gasteiger partial charge is 0.122 e. The number of rotatable bonds is 5. The summed E-state index contributed by atoms with van der Waals surface area (Å²) >= 11 is 0. The second-order valence-electron chi connectivity index (χ2n) is 6.00.